The predicted molar refractivity (Wildman–Crippen MR) is 67.2 cm³/mol. The number of aliphatic hydroxyl groups excluding tert-OH is 1. The zero-order chi connectivity index (χ0) is 12.1. The molecule has 1 aromatic carbocycles. The number of nitrogens with zero attached hydrogens (tertiary/aromatic N) is 1. The molecule has 0 saturated heterocycles. The molecular formula is C12H13ClN2O2. The zero-order valence-electron chi connectivity index (χ0n) is 9.14. The number of aromatic nitrogens is 1. The summed E-state index contributed by atoms with van der Waals surface area (Å²) in [6.45, 7) is 0.390. The van der Waals surface area contributed by atoms with Gasteiger partial charge in [-0.3, -0.25) is 0 Å². The summed E-state index contributed by atoms with van der Waals surface area (Å²) < 4.78 is 5.25. The van der Waals surface area contributed by atoms with Crippen LogP contribution >= 0.6 is 11.6 Å². The first-order chi connectivity index (χ1) is 8.31. The third-order valence-electron chi connectivity index (χ3n) is 2.30. The Hall–Kier alpha value is -1.52. The molecular weight excluding hydrogens is 240 g/mol. The fourth-order valence-corrected chi connectivity index (χ4v) is 1.57. The number of nitrogens with one attached hydrogen (secondary N) is 1. The van der Waals surface area contributed by atoms with E-state index in [1.165, 1.54) is 6.26 Å². The number of hydrogen-bond donors (Lipinski definition) is 2. The third kappa shape index (κ3) is 2.99. The molecule has 0 radical (unpaired) electrons. The van der Waals surface area contributed by atoms with Crippen LogP contribution < -0.4 is 5.32 Å². The van der Waals surface area contributed by atoms with Crippen molar-refractivity contribution in [2.45, 2.75) is 6.10 Å². The maximum absolute atomic E-state index is 9.41. The van der Waals surface area contributed by atoms with Crippen LogP contribution in [0.5, 0.6) is 0 Å². The van der Waals surface area contributed by atoms with Crippen LogP contribution in [0.3, 0.4) is 0 Å². The number of alkyl halides is 1. The van der Waals surface area contributed by atoms with Gasteiger partial charge in [-0.05, 0) is 12.1 Å². The smallest absolute Gasteiger partial charge is 0.227 e. The van der Waals surface area contributed by atoms with Crippen LogP contribution in [-0.2, 0) is 0 Å². The molecule has 1 unspecified atom stereocenters. The lowest BCUT2D eigenvalue weighted by Crippen LogP contribution is -2.21. The third-order valence-corrected chi connectivity index (χ3v) is 2.65. The van der Waals surface area contributed by atoms with Crippen molar-refractivity contribution in [3.63, 3.8) is 0 Å². The second-order valence-corrected chi connectivity index (χ2v) is 3.88. The van der Waals surface area contributed by atoms with Crippen LogP contribution in [0.2, 0.25) is 0 Å². The Morgan fingerprint density at radius 2 is 2.24 bits per heavy atom. The van der Waals surface area contributed by atoms with Crippen molar-refractivity contribution < 1.29 is 9.52 Å². The van der Waals surface area contributed by atoms with Gasteiger partial charge in [0.2, 0.25) is 5.89 Å². The van der Waals surface area contributed by atoms with E-state index in [1.807, 2.05) is 24.3 Å². The highest BCUT2D eigenvalue weighted by Crippen LogP contribution is 2.26. The Kier molecular flexibility index (Phi) is 4.01. The maximum atomic E-state index is 9.41. The van der Waals surface area contributed by atoms with Gasteiger partial charge in [-0.15, -0.1) is 11.6 Å². The molecule has 0 spiro atoms. The van der Waals surface area contributed by atoms with E-state index in [0.717, 1.165) is 11.3 Å². The number of hydrogen-bond acceptors (Lipinski definition) is 4. The van der Waals surface area contributed by atoms with Crippen LogP contribution in [0.15, 0.2) is 41.1 Å². The molecule has 0 amide bonds. The van der Waals surface area contributed by atoms with Crippen molar-refractivity contribution >= 4 is 17.3 Å². The van der Waals surface area contributed by atoms with E-state index in [1.54, 1.807) is 6.20 Å². The summed E-state index contributed by atoms with van der Waals surface area (Å²) in [4.78, 5) is 4.10. The van der Waals surface area contributed by atoms with Gasteiger partial charge in [-0.25, -0.2) is 4.98 Å². The number of oxazole rings is 1. The Morgan fingerprint density at radius 1 is 1.41 bits per heavy atom. The lowest BCUT2D eigenvalue weighted by Gasteiger charge is -2.12. The Bertz CT molecular complexity index is 459. The fourth-order valence-electron chi connectivity index (χ4n) is 1.46. The summed E-state index contributed by atoms with van der Waals surface area (Å²) in [5.74, 6) is 0.752. The minimum atomic E-state index is -0.575. The van der Waals surface area contributed by atoms with Gasteiger partial charge in [-0.1, -0.05) is 12.1 Å². The number of benzene rings is 1. The molecule has 5 heteroatoms. The highest BCUT2D eigenvalue weighted by molar-refractivity contribution is 6.18. The average molecular weight is 253 g/mol. The van der Waals surface area contributed by atoms with Crippen LogP contribution in [0.4, 0.5) is 5.69 Å². The minimum absolute atomic E-state index is 0.203. The van der Waals surface area contributed by atoms with Crippen molar-refractivity contribution in [3.8, 4) is 11.5 Å². The molecule has 0 bridgehead atoms. The number of para-hydroxylation sites is 1. The first kappa shape index (κ1) is 12.0. The lowest BCUT2D eigenvalue weighted by atomic mass is 10.1. The first-order valence-electron chi connectivity index (χ1n) is 5.28. The molecule has 0 aliphatic carbocycles. The summed E-state index contributed by atoms with van der Waals surface area (Å²) in [5, 5.41) is 12.5. The van der Waals surface area contributed by atoms with Crippen molar-refractivity contribution in [3.05, 3.63) is 36.7 Å². The van der Waals surface area contributed by atoms with Gasteiger partial charge >= 0.3 is 0 Å². The molecule has 1 aromatic heterocycles. The summed E-state index contributed by atoms with van der Waals surface area (Å²) in [7, 11) is 0. The zero-order valence-corrected chi connectivity index (χ0v) is 9.89. The molecule has 0 aliphatic rings. The average Bonchev–Trinajstić information content (AvgIpc) is 2.90. The van der Waals surface area contributed by atoms with E-state index >= 15 is 0 Å². The largest absolute Gasteiger partial charge is 0.444 e. The minimum Gasteiger partial charge on any atom is -0.444 e. The van der Waals surface area contributed by atoms with Crippen molar-refractivity contribution in [1.82, 2.24) is 4.98 Å². The van der Waals surface area contributed by atoms with Crippen LogP contribution in [0.1, 0.15) is 0 Å². The highest BCUT2D eigenvalue weighted by Gasteiger charge is 2.09. The maximum Gasteiger partial charge on any atom is 0.227 e. The lowest BCUT2D eigenvalue weighted by molar-refractivity contribution is 0.211. The summed E-state index contributed by atoms with van der Waals surface area (Å²) in [6, 6.07) is 7.62. The second kappa shape index (κ2) is 5.70. The fraction of sp³-hybridized carbons (Fsp3) is 0.250. The van der Waals surface area contributed by atoms with Gasteiger partial charge < -0.3 is 14.8 Å². The molecule has 1 atom stereocenters. The second-order valence-electron chi connectivity index (χ2n) is 3.57. The first-order valence-corrected chi connectivity index (χ1v) is 5.81. The summed E-state index contributed by atoms with van der Waals surface area (Å²) >= 11 is 5.54. The molecule has 0 fully saturated rings. The molecule has 2 N–H and O–H groups in total. The SMILES string of the molecule is OC(CCl)CNc1ccccc1-c1ncco1. The molecule has 1 heterocycles. The van der Waals surface area contributed by atoms with E-state index < -0.39 is 6.10 Å². The summed E-state index contributed by atoms with van der Waals surface area (Å²) in [6.07, 6.45) is 2.55. The van der Waals surface area contributed by atoms with E-state index in [-0.39, 0.29) is 5.88 Å². The van der Waals surface area contributed by atoms with Crippen LogP contribution in [0.25, 0.3) is 11.5 Å². The van der Waals surface area contributed by atoms with E-state index in [2.05, 4.69) is 10.3 Å². The highest BCUT2D eigenvalue weighted by atomic mass is 35.5. The van der Waals surface area contributed by atoms with E-state index in [9.17, 15) is 5.11 Å². The van der Waals surface area contributed by atoms with Gasteiger partial charge in [-0.2, -0.15) is 0 Å². The molecule has 0 saturated carbocycles. The predicted octanol–water partition coefficient (Wildman–Crippen LogP) is 2.35. The van der Waals surface area contributed by atoms with Gasteiger partial charge in [0, 0.05) is 12.2 Å². The number of aliphatic hydroxyl groups is 1. The Labute approximate surface area is 104 Å². The molecule has 4 nitrogen and oxygen atoms in total. The summed E-state index contributed by atoms with van der Waals surface area (Å²) in [5.41, 5.74) is 1.72. The normalized spacial score (nSPS) is 12.4. The molecule has 2 rings (SSSR count). The molecule has 0 aliphatic heterocycles. The van der Waals surface area contributed by atoms with Gasteiger partial charge in [0.25, 0.3) is 0 Å². The standard InChI is InChI=1S/C12H13ClN2O2/c13-7-9(16)8-15-11-4-2-1-3-10(11)12-14-5-6-17-12/h1-6,9,15-16H,7-8H2. The topological polar surface area (TPSA) is 58.3 Å². The van der Waals surface area contributed by atoms with Gasteiger partial charge in [0.1, 0.15) is 6.26 Å². The molecule has 90 valence electrons. The van der Waals surface area contributed by atoms with Crippen LogP contribution in [0, 0.1) is 0 Å². The molecule has 2 aromatic rings. The van der Waals surface area contributed by atoms with Crippen molar-refractivity contribution in [1.29, 1.82) is 0 Å². The van der Waals surface area contributed by atoms with E-state index in [0.29, 0.717) is 12.4 Å². The Morgan fingerprint density at radius 3 is 2.94 bits per heavy atom. The number of anilines is 1. The molecule has 17 heavy (non-hydrogen) atoms. The number of halogens is 1. The Balaban J connectivity index is 2.17. The monoisotopic (exact) mass is 252 g/mol. The van der Waals surface area contributed by atoms with Gasteiger partial charge in [0.15, 0.2) is 0 Å². The quantitative estimate of drug-likeness (QED) is 0.802. The van der Waals surface area contributed by atoms with Gasteiger partial charge in [0.05, 0.1) is 23.7 Å². The van der Waals surface area contributed by atoms with Crippen molar-refractivity contribution in [2.75, 3.05) is 17.7 Å². The van der Waals surface area contributed by atoms with E-state index in [4.69, 9.17) is 16.0 Å². The van der Waals surface area contributed by atoms with Crippen molar-refractivity contribution in [2.24, 2.45) is 0 Å². The number of rotatable bonds is 5. The van der Waals surface area contributed by atoms with Crippen LogP contribution in [-0.4, -0.2) is 28.6 Å².